The lowest BCUT2D eigenvalue weighted by molar-refractivity contribution is -0.122. The molecule has 0 heterocycles. The lowest BCUT2D eigenvalue weighted by Crippen LogP contribution is -2.40. The average Bonchev–Trinajstić information content (AvgIpc) is 2.46. The SMILES string of the molecule is CC(C)CNC(=O)CCNC(C)C(=O)Nc1ccccc1. The van der Waals surface area contributed by atoms with Gasteiger partial charge < -0.3 is 16.0 Å². The van der Waals surface area contributed by atoms with E-state index in [0.29, 0.717) is 25.4 Å². The van der Waals surface area contributed by atoms with Gasteiger partial charge in [0.25, 0.3) is 0 Å². The second-order valence-corrected chi connectivity index (χ2v) is 5.48. The predicted octanol–water partition coefficient (Wildman–Crippen LogP) is 1.77. The second kappa shape index (κ2) is 9.13. The summed E-state index contributed by atoms with van der Waals surface area (Å²) in [7, 11) is 0. The van der Waals surface area contributed by atoms with Crippen LogP contribution >= 0.6 is 0 Å². The molecule has 0 saturated carbocycles. The largest absolute Gasteiger partial charge is 0.356 e. The summed E-state index contributed by atoms with van der Waals surface area (Å²) in [4.78, 5) is 23.5. The molecule has 0 bridgehead atoms. The van der Waals surface area contributed by atoms with E-state index >= 15 is 0 Å². The van der Waals surface area contributed by atoms with E-state index in [-0.39, 0.29) is 17.9 Å². The average molecular weight is 291 g/mol. The first kappa shape index (κ1) is 17.2. The summed E-state index contributed by atoms with van der Waals surface area (Å²) in [6.07, 6.45) is 0.371. The molecule has 0 fully saturated rings. The van der Waals surface area contributed by atoms with E-state index in [0.717, 1.165) is 5.69 Å². The topological polar surface area (TPSA) is 70.2 Å². The highest BCUT2D eigenvalue weighted by atomic mass is 16.2. The molecule has 116 valence electrons. The predicted molar refractivity (Wildman–Crippen MR) is 85.0 cm³/mol. The maximum absolute atomic E-state index is 11.9. The number of benzene rings is 1. The van der Waals surface area contributed by atoms with Gasteiger partial charge in [-0.25, -0.2) is 0 Å². The van der Waals surface area contributed by atoms with Crippen molar-refractivity contribution in [2.45, 2.75) is 33.2 Å². The van der Waals surface area contributed by atoms with Crippen LogP contribution < -0.4 is 16.0 Å². The number of amides is 2. The van der Waals surface area contributed by atoms with Crippen LogP contribution in [0.15, 0.2) is 30.3 Å². The normalized spacial score (nSPS) is 12.0. The van der Waals surface area contributed by atoms with E-state index < -0.39 is 0 Å². The molecular weight excluding hydrogens is 266 g/mol. The Morgan fingerprint density at radius 3 is 2.38 bits per heavy atom. The van der Waals surface area contributed by atoms with E-state index in [2.05, 4.69) is 29.8 Å². The molecule has 0 aromatic heterocycles. The van der Waals surface area contributed by atoms with Crippen molar-refractivity contribution >= 4 is 17.5 Å². The molecule has 3 N–H and O–H groups in total. The molecule has 1 unspecified atom stereocenters. The minimum Gasteiger partial charge on any atom is -0.356 e. The maximum atomic E-state index is 11.9. The molecule has 1 rings (SSSR count). The molecule has 0 saturated heterocycles. The van der Waals surface area contributed by atoms with Crippen molar-refractivity contribution in [2.75, 3.05) is 18.4 Å². The first-order valence-corrected chi connectivity index (χ1v) is 7.35. The molecule has 0 spiro atoms. The lowest BCUT2D eigenvalue weighted by atomic mass is 10.2. The Balaban J connectivity index is 2.22. The van der Waals surface area contributed by atoms with Gasteiger partial charge in [0.05, 0.1) is 6.04 Å². The third-order valence-corrected chi connectivity index (χ3v) is 2.94. The second-order valence-electron chi connectivity index (χ2n) is 5.48. The standard InChI is InChI=1S/C16H25N3O2/c1-12(2)11-18-15(20)9-10-17-13(3)16(21)19-14-7-5-4-6-8-14/h4-8,12-13,17H,9-11H2,1-3H3,(H,18,20)(H,19,21). The number of para-hydroxylation sites is 1. The monoisotopic (exact) mass is 291 g/mol. The molecule has 0 aliphatic carbocycles. The van der Waals surface area contributed by atoms with Crippen LogP contribution in [-0.2, 0) is 9.59 Å². The van der Waals surface area contributed by atoms with Crippen molar-refractivity contribution in [1.82, 2.24) is 10.6 Å². The number of anilines is 1. The zero-order chi connectivity index (χ0) is 15.7. The molecule has 0 aliphatic rings. The summed E-state index contributed by atoms with van der Waals surface area (Å²) in [5.74, 6) is 0.341. The number of rotatable bonds is 8. The first-order valence-electron chi connectivity index (χ1n) is 7.35. The molecule has 1 aromatic carbocycles. The molecule has 1 aromatic rings. The summed E-state index contributed by atoms with van der Waals surface area (Å²) in [5.41, 5.74) is 0.769. The molecule has 5 nitrogen and oxygen atoms in total. The van der Waals surface area contributed by atoms with E-state index in [4.69, 9.17) is 0 Å². The summed E-state index contributed by atoms with van der Waals surface area (Å²) < 4.78 is 0. The molecular formula is C16H25N3O2. The molecule has 0 aliphatic heterocycles. The van der Waals surface area contributed by atoms with Crippen LogP contribution in [0, 0.1) is 5.92 Å². The van der Waals surface area contributed by atoms with Crippen LogP contribution in [0.5, 0.6) is 0 Å². The minimum absolute atomic E-state index is 0.00636. The molecule has 1 atom stereocenters. The van der Waals surface area contributed by atoms with E-state index in [1.807, 2.05) is 30.3 Å². The Kier molecular flexibility index (Phi) is 7.46. The molecule has 21 heavy (non-hydrogen) atoms. The number of hydrogen-bond donors (Lipinski definition) is 3. The maximum Gasteiger partial charge on any atom is 0.241 e. The van der Waals surface area contributed by atoms with Crippen LogP contribution in [0.3, 0.4) is 0 Å². The zero-order valence-corrected chi connectivity index (χ0v) is 13.0. The fourth-order valence-electron chi connectivity index (χ4n) is 1.67. The number of carbonyl (C=O) groups excluding carboxylic acids is 2. The third-order valence-electron chi connectivity index (χ3n) is 2.94. The van der Waals surface area contributed by atoms with E-state index in [9.17, 15) is 9.59 Å². The van der Waals surface area contributed by atoms with Gasteiger partial charge in [0.1, 0.15) is 0 Å². The van der Waals surface area contributed by atoms with Crippen LogP contribution in [0.2, 0.25) is 0 Å². The van der Waals surface area contributed by atoms with Crippen LogP contribution in [0.4, 0.5) is 5.69 Å². The summed E-state index contributed by atoms with van der Waals surface area (Å²) in [6, 6.07) is 8.96. The van der Waals surface area contributed by atoms with Gasteiger partial charge in [0.15, 0.2) is 0 Å². The van der Waals surface area contributed by atoms with Gasteiger partial charge in [-0.2, -0.15) is 0 Å². The van der Waals surface area contributed by atoms with Gasteiger partial charge in [-0.1, -0.05) is 32.0 Å². The van der Waals surface area contributed by atoms with Gasteiger partial charge in [-0.15, -0.1) is 0 Å². The highest BCUT2D eigenvalue weighted by molar-refractivity contribution is 5.94. The Bertz CT molecular complexity index is 446. The van der Waals surface area contributed by atoms with Crippen molar-refractivity contribution in [1.29, 1.82) is 0 Å². The van der Waals surface area contributed by atoms with Crippen molar-refractivity contribution in [3.8, 4) is 0 Å². The number of hydrogen-bond acceptors (Lipinski definition) is 3. The van der Waals surface area contributed by atoms with E-state index in [1.54, 1.807) is 6.92 Å². The molecule has 2 amide bonds. The van der Waals surface area contributed by atoms with Crippen molar-refractivity contribution in [2.24, 2.45) is 5.92 Å². The summed E-state index contributed by atoms with van der Waals surface area (Å²) in [5, 5.41) is 8.71. The Morgan fingerprint density at radius 1 is 1.10 bits per heavy atom. The zero-order valence-electron chi connectivity index (χ0n) is 13.0. The lowest BCUT2D eigenvalue weighted by Gasteiger charge is -2.14. The number of nitrogens with one attached hydrogen (secondary N) is 3. The highest BCUT2D eigenvalue weighted by Gasteiger charge is 2.12. The minimum atomic E-state index is -0.344. The van der Waals surface area contributed by atoms with Crippen LogP contribution in [-0.4, -0.2) is 30.9 Å². The Labute approximate surface area is 126 Å². The van der Waals surface area contributed by atoms with E-state index in [1.165, 1.54) is 0 Å². The fraction of sp³-hybridized carbons (Fsp3) is 0.500. The molecule has 5 heteroatoms. The van der Waals surface area contributed by atoms with Crippen LogP contribution in [0.1, 0.15) is 27.2 Å². The van der Waals surface area contributed by atoms with Crippen molar-refractivity contribution < 1.29 is 9.59 Å². The fourth-order valence-corrected chi connectivity index (χ4v) is 1.67. The van der Waals surface area contributed by atoms with Gasteiger partial charge in [-0.3, -0.25) is 9.59 Å². The van der Waals surface area contributed by atoms with Gasteiger partial charge in [-0.05, 0) is 25.0 Å². The third kappa shape index (κ3) is 7.46. The van der Waals surface area contributed by atoms with Crippen molar-refractivity contribution in [3.05, 3.63) is 30.3 Å². The summed E-state index contributed by atoms with van der Waals surface area (Å²) >= 11 is 0. The van der Waals surface area contributed by atoms with Gasteiger partial charge in [0.2, 0.25) is 11.8 Å². The van der Waals surface area contributed by atoms with Gasteiger partial charge in [0, 0.05) is 25.2 Å². The highest BCUT2D eigenvalue weighted by Crippen LogP contribution is 2.05. The summed E-state index contributed by atoms with van der Waals surface area (Å²) in [6.45, 7) is 7.05. The Morgan fingerprint density at radius 2 is 1.76 bits per heavy atom. The molecule has 0 radical (unpaired) electrons. The van der Waals surface area contributed by atoms with Gasteiger partial charge >= 0.3 is 0 Å². The smallest absolute Gasteiger partial charge is 0.241 e. The quantitative estimate of drug-likeness (QED) is 0.683. The Hall–Kier alpha value is -1.88. The number of carbonyl (C=O) groups is 2. The first-order chi connectivity index (χ1) is 9.99. The van der Waals surface area contributed by atoms with Crippen molar-refractivity contribution in [3.63, 3.8) is 0 Å². The van der Waals surface area contributed by atoms with Crippen LogP contribution in [0.25, 0.3) is 0 Å².